The van der Waals surface area contributed by atoms with Crippen molar-refractivity contribution in [3.8, 4) is 0 Å². The summed E-state index contributed by atoms with van der Waals surface area (Å²) in [5.74, 6) is 0.0120. The van der Waals surface area contributed by atoms with Crippen molar-refractivity contribution in [3.63, 3.8) is 0 Å². The monoisotopic (exact) mass is 297 g/mol. The van der Waals surface area contributed by atoms with Crippen LogP contribution >= 0.6 is 0 Å². The number of benzene rings is 1. The van der Waals surface area contributed by atoms with Gasteiger partial charge in [-0.15, -0.1) is 5.11 Å². The standard InChI is InChI=1S/C15H19N7/c1-3-12(7-4-10(2)14(16)17)20-22-21-13-8-5-11(6-9-13)15(18)19/h3-9H,1H2,2H3,(H3,16,17)(H3,18,19)(H,20,21)/b10-4+,12-7+. The molecule has 0 aliphatic carbocycles. The van der Waals surface area contributed by atoms with Crippen LogP contribution in [0.4, 0.5) is 5.69 Å². The van der Waals surface area contributed by atoms with Crippen LogP contribution in [0.25, 0.3) is 0 Å². The second-order valence-electron chi connectivity index (χ2n) is 4.36. The quantitative estimate of drug-likeness (QED) is 0.174. The van der Waals surface area contributed by atoms with Gasteiger partial charge in [-0.2, -0.15) is 0 Å². The fourth-order valence-electron chi connectivity index (χ4n) is 1.30. The molecule has 0 atom stereocenters. The molecule has 7 heteroatoms. The number of nitrogens with two attached hydrogens (primary N) is 2. The van der Waals surface area contributed by atoms with Crippen molar-refractivity contribution in [1.82, 2.24) is 5.43 Å². The second-order valence-corrected chi connectivity index (χ2v) is 4.36. The van der Waals surface area contributed by atoms with Crippen molar-refractivity contribution >= 4 is 17.4 Å². The van der Waals surface area contributed by atoms with Gasteiger partial charge >= 0.3 is 0 Å². The summed E-state index contributed by atoms with van der Waals surface area (Å²) in [6.07, 6.45) is 4.95. The molecule has 0 amide bonds. The first-order valence-corrected chi connectivity index (χ1v) is 6.40. The molecule has 0 aliphatic heterocycles. The zero-order valence-corrected chi connectivity index (χ0v) is 12.3. The SMILES string of the molecule is C=C/C(=C\C=C(/C)C(=N)N)N/N=N/c1ccc(C(=N)N)cc1. The fourth-order valence-corrected chi connectivity index (χ4v) is 1.30. The summed E-state index contributed by atoms with van der Waals surface area (Å²) in [4.78, 5) is 0. The summed E-state index contributed by atoms with van der Waals surface area (Å²) < 4.78 is 0. The number of nitrogen functional groups attached to an aromatic ring is 1. The lowest BCUT2D eigenvalue weighted by Crippen LogP contribution is -2.10. The highest BCUT2D eigenvalue weighted by Gasteiger charge is 1.96. The summed E-state index contributed by atoms with van der Waals surface area (Å²) in [6, 6.07) is 6.80. The zero-order chi connectivity index (χ0) is 16.5. The molecular weight excluding hydrogens is 278 g/mol. The van der Waals surface area contributed by atoms with Gasteiger partial charge in [-0.1, -0.05) is 17.9 Å². The lowest BCUT2D eigenvalue weighted by atomic mass is 10.2. The Balaban J connectivity index is 2.72. The number of amidine groups is 2. The first kappa shape index (κ1) is 16.8. The molecule has 114 valence electrons. The fraction of sp³-hybridized carbons (Fsp3) is 0.0667. The van der Waals surface area contributed by atoms with E-state index < -0.39 is 0 Å². The minimum Gasteiger partial charge on any atom is -0.384 e. The molecule has 7 nitrogen and oxygen atoms in total. The first-order chi connectivity index (χ1) is 10.4. The minimum atomic E-state index is 0.00567. The van der Waals surface area contributed by atoms with Gasteiger partial charge in [0.25, 0.3) is 0 Å². The predicted molar refractivity (Wildman–Crippen MR) is 89.1 cm³/mol. The van der Waals surface area contributed by atoms with Crippen molar-refractivity contribution in [1.29, 1.82) is 10.8 Å². The highest BCUT2D eigenvalue weighted by atomic mass is 15.4. The second kappa shape index (κ2) is 8.15. The van der Waals surface area contributed by atoms with Crippen LogP contribution in [0.5, 0.6) is 0 Å². The molecule has 0 aliphatic rings. The van der Waals surface area contributed by atoms with Gasteiger partial charge in [-0.25, -0.2) is 0 Å². The molecule has 0 aromatic heterocycles. The van der Waals surface area contributed by atoms with Gasteiger partial charge in [-0.05, 0) is 48.9 Å². The smallest absolute Gasteiger partial charge is 0.122 e. The van der Waals surface area contributed by atoms with Crippen LogP contribution in [-0.2, 0) is 0 Å². The molecule has 0 saturated carbocycles. The van der Waals surface area contributed by atoms with Crippen molar-refractivity contribution in [2.75, 3.05) is 0 Å². The molecule has 0 bridgehead atoms. The summed E-state index contributed by atoms with van der Waals surface area (Å²) in [5, 5.41) is 22.4. The van der Waals surface area contributed by atoms with Crippen molar-refractivity contribution in [2.45, 2.75) is 6.92 Å². The number of nitrogens with one attached hydrogen (secondary N) is 3. The van der Waals surface area contributed by atoms with E-state index in [4.69, 9.17) is 22.3 Å². The molecule has 1 rings (SSSR count). The third kappa shape index (κ3) is 5.41. The maximum absolute atomic E-state index is 7.30. The largest absolute Gasteiger partial charge is 0.384 e. The van der Waals surface area contributed by atoms with Crippen molar-refractivity contribution in [2.24, 2.45) is 21.8 Å². The van der Waals surface area contributed by atoms with E-state index >= 15 is 0 Å². The van der Waals surface area contributed by atoms with Crippen LogP contribution in [0.15, 0.2) is 70.7 Å². The zero-order valence-electron chi connectivity index (χ0n) is 12.3. The van der Waals surface area contributed by atoms with Crippen LogP contribution in [0.1, 0.15) is 12.5 Å². The van der Waals surface area contributed by atoms with Crippen LogP contribution in [-0.4, -0.2) is 11.7 Å². The van der Waals surface area contributed by atoms with Crippen LogP contribution in [0.2, 0.25) is 0 Å². The summed E-state index contributed by atoms with van der Waals surface area (Å²) in [7, 11) is 0. The Hall–Kier alpha value is -3.22. The molecule has 7 N–H and O–H groups in total. The number of allylic oxidation sites excluding steroid dienone is 3. The normalized spacial score (nSPS) is 12.2. The Labute approximate surface area is 129 Å². The lowest BCUT2D eigenvalue weighted by Gasteiger charge is -2.00. The molecular formula is C15H19N7. The van der Waals surface area contributed by atoms with E-state index in [1.165, 1.54) is 0 Å². The Morgan fingerprint density at radius 2 is 1.82 bits per heavy atom. The van der Waals surface area contributed by atoms with E-state index in [2.05, 4.69) is 22.3 Å². The van der Waals surface area contributed by atoms with Crippen LogP contribution in [0, 0.1) is 10.8 Å². The molecule has 0 radical (unpaired) electrons. The molecule has 22 heavy (non-hydrogen) atoms. The summed E-state index contributed by atoms with van der Waals surface area (Å²) >= 11 is 0. The van der Waals surface area contributed by atoms with E-state index in [1.807, 2.05) is 0 Å². The van der Waals surface area contributed by atoms with Crippen LogP contribution in [0.3, 0.4) is 0 Å². The first-order valence-electron chi connectivity index (χ1n) is 6.40. The Morgan fingerprint density at radius 1 is 1.18 bits per heavy atom. The van der Waals surface area contributed by atoms with E-state index in [9.17, 15) is 0 Å². The van der Waals surface area contributed by atoms with Gasteiger partial charge < -0.3 is 11.5 Å². The van der Waals surface area contributed by atoms with Gasteiger partial charge in [0.15, 0.2) is 0 Å². The lowest BCUT2D eigenvalue weighted by molar-refractivity contribution is 0.838. The highest BCUT2D eigenvalue weighted by molar-refractivity contribution is 5.95. The highest BCUT2D eigenvalue weighted by Crippen LogP contribution is 2.12. The Morgan fingerprint density at radius 3 is 2.32 bits per heavy atom. The van der Waals surface area contributed by atoms with Crippen molar-refractivity contribution < 1.29 is 0 Å². The van der Waals surface area contributed by atoms with Crippen molar-refractivity contribution in [3.05, 3.63) is 65.9 Å². The molecule has 0 saturated heterocycles. The van der Waals surface area contributed by atoms with E-state index in [1.54, 1.807) is 49.4 Å². The Kier molecular flexibility index (Phi) is 6.24. The predicted octanol–water partition coefficient (Wildman–Crippen LogP) is 2.51. The average Bonchev–Trinajstić information content (AvgIpc) is 2.50. The van der Waals surface area contributed by atoms with Gasteiger partial charge in [0, 0.05) is 5.56 Å². The summed E-state index contributed by atoms with van der Waals surface area (Å²) in [6.45, 7) is 5.39. The molecule has 1 aromatic carbocycles. The Bertz CT molecular complexity index is 651. The average molecular weight is 297 g/mol. The number of rotatable bonds is 7. The van der Waals surface area contributed by atoms with Gasteiger partial charge in [-0.3, -0.25) is 16.2 Å². The van der Waals surface area contributed by atoms with Gasteiger partial charge in [0.2, 0.25) is 0 Å². The maximum Gasteiger partial charge on any atom is 0.122 e. The number of hydrogen-bond acceptors (Lipinski definition) is 4. The van der Waals surface area contributed by atoms with E-state index in [0.29, 0.717) is 22.5 Å². The summed E-state index contributed by atoms with van der Waals surface area (Å²) in [5.41, 5.74) is 15.9. The third-order valence-electron chi connectivity index (χ3n) is 2.68. The molecule has 0 unspecified atom stereocenters. The molecule has 0 fully saturated rings. The molecule has 0 heterocycles. The van der Waals surface area contributed by atoms with E-state index in [0.717, 1.165) is 0 Å². The third-order valence-corrected chi connectivity index (χ3v) is 2.68. The molecule has 1 aromatic rings. The van der Waals surface area contributed by atoms with Crippen LogP contribution < -0.4 is 16.9 Å². The minimum absolute atomic E-state index is 0.00567. The number of hydrogen-bond donors (Lipinski definition) is 5. The van der Waals surface area contributed by atoms with Gasteiger partial charge in [0.05, 0.1) is 11.4 Å². The van der Waals surface area contributed by atoms with E-state index in [-0.39, 0.29) is 11.7 Å². The van der Waals surface area contributed by atoms with Gasteiger partial charge in [0.1, 0.15) is 11.7 Å². The maximum atomic E-state index is 7.30. The topological polar surface area (TPSA) is 136 Å². The molecule has 0 spiro atoms. The number of nitrogens with zero attached hydrogens (tertiary/aromatic N) is 2.